The van der Waals surface area contributed by atoms with E-state index >= 15 is 0 Å². The van der Waals surface area contributed by atoms with Gasteiger partial charge in [0.25, 0.3) is 0 Å². The number of ether oxygens (including phenoxy) is 1. The van der Waals surface area contributed by atoms with E-state index in [0.29, 0.717) is 36.7 Å². The molecule has 0 spiro atoms. The van der Waals surface area contributed by atoms with Crippen molar-refractivity contribution in [3.05, 3.63) is 29.8 Å². The van der Waals surface area contributed by atoms with Crippen molar-refractivity contribution in [3.63, 3.8) is 0 Å². The molecule has 1 rings (SSSR count). The van der Waals surface area contributed by atoms with Gasteiger partial charge in [-0.25, -0.2) is 0 Å². The molecule has 0 saturated carbocycles. The van der Waals surface area contributed by atoms with Crippen LogP contribution in [-0.4, -0.2) is 43.1 Å². The minimum Gasteiger partial charge on any atom is -0.426 e. The Kier molecular flexibility index (Phi) is 11.2. The lowest BCUT2D eigenvalue weighted by atomic mass is 10.1. The first-order chi connectivity index (χ1) is 12.4. The van der Waals surface area contributed by atoms with Crippen molar-refractivity contribution in [2.75, 3.05) is 31.4 Å². The van der Waals surface area contributed by atoms with Crippen LogP contribution in [0.1, 0.15) is 37.0 Å². The summed E-state index contributed by atoms with van der Waals surface area (Å²) in [5, 5.41) is 0. The van der Waals surface area contributed by atoms with Crippen molar-refractivity contribution >= 4 is 40.9 Å². The Morgan fingerprint density at radius 3 is 2.50 bits per heavy atom. The first kappa shape index (κ1) is 23.2. The summed E-state index contributed by atoms with van der Waals surface area (Å²) < 4.78 is 27.0. The third-order valence-electron chi connectivity index (χ3n) is 3.01. The number of ketones is 1. The molecule has 146 valence electrons. The standard InChI is InChI=1S/C17H25O6PS2/c1-4-21-24(3,20)22-11-13-26-25-12-7-9-16(19)15-8-5-6-10-17(15)23-14(2)18/h5-6,8,10H,4,7,9,11-13H2,1-3H3. The lowest BCUT2D eigenvalue weighted by Gasteiger charge is -2.12. The number of hydrogen-bond acceptors (Lipinski definition) is 8. The van der Waals surface area contributed by atoms with Gasteiger partial charge in [0.2, 0.25) is 0 Å². The molecule has 0 radical (unpaired) electrons. The molecule has 6 nitrogen and oxygen atoms in total. The van der Waals surface area contributed by atoms with Crippen LogP contribution in [0.2, 0.25) is 0 Å². The predicted molar refractivity (Wildman–Crippen MR) is 107 cm³/mol. The molecule has 0 amide bonds. The first-order valence-electron chi connectivity index (χ1n) is 8.27. The summed E-state index contributed by atoms with van der Waals surface area (Å²) in [6.45, 7) is 5.28. The fourth-order valence-corrected chi connectivity index (χ4v) is 5.00. The second-order valence-corrected chi connectivity index (χ2v) is 10.0. The Morgan fingerprint density at radius 1 is 1.12 bits per heavy atom. The van der Waals surface area contributed by atoms with Crippen molar-refractivity contribution in [2.24, 2.45) is 0 Å². The Hall–Kier alpha value is -0.790. The average Bonchev–Trinajstić information content (AvgIpc) is 2.57. The minimum atomic E-state index is -2.92. The lowest BCUT2D eigenvalue weighted by Crippen LogP contribution is -2.07. The Labute approximate surface area is 162 Å². The SMILES string of the molecule is CCOP(C)(=O)OCCSSCCCC(=O)c1ccccc1OC(C)=O. The second-order valence-electron chi connectivity index (χ2n) is 5.28. The monoisotopic (exact) mass is 420 g/mol. The second kappa shape index (κ2) is 12.6. The summed E-state index contributed by atoms with van der Waals surface area (Å²) in [6, 6.07) is 6.76. The first-order valence-corrected chi connectivity index (χ1v) is 12.7. The van der Waals surface area contributed by atoms with Gasteiger partial charge in [-0.3, -0.25) is 14.2 Å². The van der Waals surface area contributed by atoms with Crippen LogP contribution in [0.3, 0.4) is 0 Å². The Morgan fingerprint density at radius 2 is 1.81 bits per heavy atom. The number of para-hydroxylation sites is 1. The molecule has 0 aliphatic heterocycles. The maximum atomic E-state index is 12.3. The number of carbonyl (C=O) groups excluding carboxylic acids is 2. The highest BCUT2D eigenvalue weighted by atomic mass is 33.1. The van der Waals surface area contributed by atoms with Gasteiger partial charge in [-0.1, -0.05) is 33.7 Å². The summed E-state index contributed by atoms with van der Waals surface area (Å²) >= 11 is 0. The summed E-state index contributed by atoms with van der Waals surface area (Å²) in [7, 11) is 0.324. The molecule has 0 aliphatic carbocycles. The third kappa shape index (κ3) is 9.78. The highest BCUT2D eigenvalue weighted by Gasteiger charge is 2.15. The van der Waals surface area contributed by atoms with E-state index in [4.69, 9.17) is 13.8 Å². The molecule has 9 heteroatoms. The van der Waals surface area contributed by atoms with Gasteiger partial charge in [0.1, 0.15) is 5.75 Å². The third-order valence-corrected chi connectivity index (χ3v) is 6.85. The van der Waals surface area contributed by atoms with Crippen molar-refractivity contribution < 1.29 is 27.9 Å². The van der Waals surface area contributed by atoms with Crippen molar-refractivity contribution in [1.82, 2.24) is 0 Å². The molecule has 26 heavy (non-hydrogen) atoms. The summed E-state index contributed by atoms with van der Waals surface area (Å²) in [5.74, 6) is 1.32. The van der Waals surface area contributed by atoms with Gasteiger partial charge < -0.3 is 13.8 Å². The minimum absolute atomic E-state index is 0.0422. The molecule has 1 aromatic rings. The number of esters is 1. The van der Waals surface area contributed by atoms with Crippen LogP contribution in [0.4, 0.5) is 0 Å². The van der Waals surface area contributed by atoms with Crippen LogP contribution < -0.4 is 4.74 Å². The topological polar surface area (TPSA) is 78.9 Å². The predicted octanol–water partition coefficient (Wildman–Crippen LogP) is 4.83. The van der Waals surface area contributed by atoms with E-state index in [0.717, 1.165) is 12.2 Å². The molecule has 0 bridgehead atoms. The normalized spacial score (nSPS) is 13.2. The van der Waals surface area contributed by atoms with Crippen LogP contribution in [0.5, 0.6) is 5.75 Å². The van der Waals surface area contributed by atoms with Crippen LogP contribution in [0, 0.1) is 0 Å². The van der Waals surface area contributed by atoms with Crippen molar-refractivity contribution in [3.8, 4) is 5.75 Å². The number of carbonyl (C=O) groups is 2. The molecule has 0 aromatic heterocycles. The summed E-state index contributed by atoms with van der Waals surface area (Å²) in [6.07, 6.45) is 1.10. The zero-order valence-corrected chi connectivity index (χ0v) is 17.8. The zero-order chi connectivity index (χ0) is 19.4. The molecule has 1 aromatic carbocycles. The van der Waals surface area contributed by atoms with Crippen molar-refractivity contribution in [1.29, 1.82) is 0 Å². The fraction of sp³-hybridized carbons (Fsp3) is 0.529. The summed E-state index contributed by atoms with van der Waals surface area (Å²) in [5.41, 5.74) is 0.434. The number of rotatable bonds is 13. The highest BCUT2D eigenvalue weighted by Crippen LogP contribution is 2.43. The fourth-order valence-electron chi connectivity index (χ4n) is 1.99. The molecule has 0 saturated heterocycles. The van der Waals surface area contributed by atoms with E-state index in [1.54, 1.807) is 52.8 Å². The lowest BCUT2D eigenvalue weighted by molar-refractivity contribution is -0.131. The molecule has 0 heterocycles. The van der Waals surface area contributed by atoms with Crippen LogP contribution in [0.15, 0.2) is 24.3 Å². The largest absolute Gasteiger partial charge is 0.426 e. The van der Waals surface area contributed by atoms with Crippen LogP contribution >= 0.6 is 29.2 Å². The van der Waals surface area contributed by atoms with E-state index < -0.39 is 13.6 Å². The molecule has 0 aliphatic rings. The number of Topliss-reactive ketones (excluding diaryl/α,β-unsaturated/α-hetero) is 1. The van der Waals surface area contributed by atoms with E-state index in [1.165, 1.54) is 13.6 Å². The zero-order valence-electron chi connectivity index (χ0n) is 15.3. The summed E-state index contributed by atoms with van der Waals surface area (Å²) in [4.78, 5) is 23.4. The Bertz CT molecular complexity index is 637. The highest BCUT2D eigenvalue weighted by molar-refractivity contribution is 8.76. The van der Waals surface area contributed by atoms with Gasteiger partial charge in [0.05, 0.1) is 18.8 Å². The van der Waals surface area contributed by atoms with Gasteiger partial charge >= 0.3 is 13.6 Å². The van der Waals surface area contributed by atoms with Crippen molar-refractivity contribution in [2.45, 2.75) is 26.7 Å². The molecular formula is C17H25O6PS2. The molecule has 1 unspecified atom stereocenters. The van der Waals surface area contributed by atoms with Gasteiger partial charge in [-0.15, -0.1) is 0 Å². The number of hydrogen-bond donors (Lipinski definition) is 0. The molecule has 0 fully saturated rings. The van der Waals surface area contributed by atoms with E-state index in [9.17, 15) is 14.2 Å². The molecule has 0 N–H and O–H groups in total. The molecule has 1 atom stereocenters. The quantitative estimate of drug-likeness (QED) is 0.112. The maximum absolute atomic E-state index is 12.3. The smallest absolute Gasteiger partial charge is 0.327 e. The number of benzene rings is 1. The van der Waals surface area contributed by atoms with Gasteiger partial charge in [-0.2, -0.15) is 0 Å². The van der Waals surface area contributed by atoms with Gasteiger partial charge in [0.15, 0.2) is 5.78 Å². The van der Waals surface area contributed by atoms with E-state index in [2.05, 4.69) is 0 Å². The molecular weight excluding hydrogens is 395 g/mol. The Balaban J connectivity index is 2.21. The van der Waals surface area contributed by atoms with Gasteiger partial charge in [0, 0.05) is 31.5 Å². The van der Waals surface area contributed by atoms with E-state index in [1.807, 2.05) is 0 Å². The average molecular weight is 420 g/mol. The van der Waals surface area contributed by atoms with Crippen LogP contribution in [-0.2, 0) is 18.4 Å². The van der Waals surface area contributed by atoms with Gasteiger partial charge in [-0.05, 0) is 25.5 Å². The maximum Gasteiger partial charge on any atom is 0.327 e. The van der Waals surface area contributed by atoms with Crippen LogP contribution in [0.25, 0.3) is 0 Å². The van der Waals surface area contributed by atoms with E-state index in [-0.39, 0.29) is 5.78 Å².